The number of nitrogens with zero attached hydrogens (tertiary/aromatic N) is 2. The minimum atomic E-state index is -0.265. The Labute approximate surface area is 89.4 Å². The second kappa shape index (κ2) is 5.44. The summed E-state index contributed by atoms with van der Waals surface area (Å²) in [7, 11) is 4.03. The van der Waals surface area contributed by atoms with E-state index in [0.29, 0.717) is 6.42 Å². The molecule has 0 spiro atoms. The molecule has 0 aliphatic rings. The van der Waals surface area contributed by atoms with Crippen molar-refractivity contribution in [2.45, 2.75) is 25.9 Å². The first-order valence-corrected chi connectivity index (χ1v) is 5.69. The molecule has 0 amide bonds. The molecule has 1 unspecified atom stereocenters. The van der Waals surface area contributed by atoms with Crippen LogP contribution in [0, 0.1) is 6.92 Å². The second-order valence-corrected chi connectivity index (χ2v) is 4.87. The van der Waals surface area contributed by atoms with E-state index >= 15 is 0 Å². The number of hydrogen-bond donors (Lipinski definition) is 1. The van der Waals surface area contributed by atoms with E-state index in [4.69, 9.17) is 0 Å². The van der Waals surface area contributed by atoms with Crippen LogP contribution < -0.4 is 0 Å². The molecule has 0 aliphatic heterocycles. The zero-order chi connectivity index (χ0) is 10.6. The molecule has 1 aromatic rings. The van der Waals surface area contributed by atoms with Crippen LogP contribution in [0.4, 0.5) is 0 Å². The number of aryl methyl sites for hydroxylation is 1. The van der Waals surface area contributed by atoms with Crippen molar-refractivity contribution in [2.24, 2.45) is 0 Å². The van der Waals surface area contributed by atoms with Gasteiger partial charge in [0.25, 0.3) is 0 Å². The van der Waals surface area contributed by atoms with Crippen LogP contribution in [0.3, 0.4) is 0 Å². The van der Waals surface area contributed by atoms with Gasteiger partial charge in [-0.15, -0.1) is 11.3 Å². The molecular formula is C10H18N2OS. The average molecular weight is 214 g/mol. The van der Waals surface area contributed by atoms with Gasteiger partial charge in [-0.1, -0.05) is 0 Å². The highest BCUT2D eigenvalue weighted by atomic mass is 32.1. The van der Waals surface area contributed by atoms with E-state index in [1.54, 1.807) is 11.3 Å². The topological polar surface area (TPSA) is 36.4 Å². The Morgan fingerprint density at radius 1 is 1.57 bits per heavy atom. The molecule has 1 heterocycles. The van der Waals surface area contributed by atoms with Gasteiger partial charge in [-0.3, -0.25) is 0 Å². The molecule has 0 fully saturated rings. The van der Waals surface area contributed by atoms with Gasteiger partial charge in [0.1, 0.15) is 0 Å². The maximum atomic E-state index is 9.70. The monoisotopic (exact) mass is 214 g/mol. The lowest BCUT2D eigenvalue weighted by atomic mass is 10.1. The summed E-state index contributed by atoms with van der Waals surface area (Å²) in [6, 6.07) is 0. The Balaban J connectivity index is 2.30. The molecule has 1 N–H and O–H groups in total. The number of aromatic nitrogens is 1. The van der Waals surface area contributed by atoms with E-state index < -0.39 is 0 Å². The van der Waals surface area contributed by atoms with Crippen LogP contribution in [0.2, 0.25) is 0 Å². The molecule has 14 heavy (non-hydrogen) atoms. The molecule has 1 rings (SSSR count). The van der Waals surface area contributed by atoms with Crippen molar-refractivity contribution in [1.82, 2.24) is 9.88 Å². The Kier molecular flexibility index (Phi) is 4.51. The van der Waals surface area contributed by atoms with E-state index in [-0.39, 0.29) is 6.10 Å². The quantitative estimate of drug-likeness (QED) is 0.803. The van der Waals surface area contributed by atoms with Crippen molar-refractivity contribution < 1.29 is 5.11 Å². The molecule has 1 aromatic heterocycles. The lowest BCUT2D eigenvalue weighted by molar-refractivity contribution is 0.151. The van der Waals surface area contributed by atoms with Crippen molar-refractivity contribution in [3.63, 3.8) is 0 Å². The summed E-state index contributed by atoms with van der Waals surface area (Å²) in [6.45, 7) is 2.91. The number of aliphatic hydroxyl groups excluding tert-OH is 1. The van der Waals surface area contributed by atoms with Crippen LogP contribution in [0.15, 0.2) is 5.38 Å². The molecule has 0 aromatic carbocycles. The number of hydrogen-bond acceptors (Lipinski definition) is 4. The highest BCUT2D eigenvalue weighted by Crippen LogP contribution is 2.11. The summed E-state index contributed by atoms with van der Waals surface area (Å²) in [4.78, 5) is 6.40. The van der Waals surface area contributed by atoms with Crippen molar-refractivity contribution in [3.8, 4) is 0 Å². The standard InChI is InChI=1S/C10H18N2OS/c1-8-11-9(7-14-8)6-10(13)4-5-12(2)3/h7,10,13H,4-6H2,1-3H3. The Morgan fingerprint density at radius 2 is 2.29 bits per heavy atom. The molecule has 0 radical (unpaired) electrons. The Bertz CT molecular complexity index is 273. The van der Waals surface area contributed by atoms with Crippen LogP contribution in [0.1, 0.15) is 17.1 Å². The summed E-state index contributed by atoms with van der Waals surface area (Å²) in [6.07, 6.45) is 1.22. The number of aliphatic hydroxyl groups is 1. The molecule has 80 valence electrons. The third-order valence-electron chi connectivity index (χ3n) is 2.02. The summed E-state index contributed by atoms with van der Waals surface area (Å²) in [5.74, 6) is 0. The third kappa shape index (κ3) is 4.17. The van der Waals surface area contributed by atoms with Crippen LogP contribution in [0.25, 0.3) is 0 Å². The zero-order valence-electron chi connectivity index (χ0n) is 9.03. The lowest BCUT2D eigenvalue weighted by Gasteiger charge is -2.13. The maximum absolute atomic E-state index is 9.70. The molecule has 0 bridgehead atoms. The molecule has 1 atom stereocenters. The highest BCUT2D eigenvalue weighted by Gasteiger charge is 2.08. The predicted octanol–water partition coefficient (Wildman–Crippen LogP) is 1.31. The molecule has 3 nitrogen and oxygen atoms in total. The summed E-state index contributed by atoms with van der Waals surface area (Å²) in [5.41, 5.74) is 1.01. The SMILES string of the molecule is Cc1nc(CC(O)CCN(C)C)cs1. The number of thiazole rings is 1. The molecule has 0 saturated heterocycles. The second-order valence-electron chi connectivity index (χ2n) is 3.81. The fourth-order valence-electron chi connectivity index (χ4n) is 1.25. The fraction of sp³-hybridized carbons (Fsp3) is 0.700. The van der Waals surface area contributed by atoms with Gasteiger partial charge < -0.3 is 10.0 Å². The first-order valence-electron chi connectivity index (χ1n) is 4.81. The first-order chi connectivity index (χ1) is 6.58. The third-order valence-corrected chi connectivity index (χ3v) is 2.84. The molecular weight excluding hydrogens is 196 g/mol. The minimum absolute atomic E-state index is 0.265. The summed E-state index contributed by atoms with van der Waals surface area (Å²) in [5, 5.41) is 12.8. The van der Waals surface area contributed by atoms with Gasteiger partial charge in [0, 0.05) is 11.8 Å². The van der Waals surface area contributed by atoms with Crippen LogP contribution in [0.5, 0.6) is 0 Å². The van der Waals surface area contributed by atoms with Gasteiger partial charge in [0.2, 0.25) is 0 Å². The van der Waals surface area contributed by atoms with Crippen molar-refractivity contribution >= 4 is 11.3 Å². The molecule has 0 aliphatic carbocycles. The van der Waals surface area contributed by atoms with Gasteiger partial charge in [-0.25, -0.2) is 4.98 Å². The van der Waals surface area contributed by atoms with Gasteiger partial charge in [-0.05, 0) is 34.0 Å². The Hall–Kier alpha value is -0.450. The highest BCUT2D eigenvalue weighted by molar-refractivity contribution is 7.09. The van der Waals surface area contributed by atoms with E-state index in [9.17, 15) is 5.11 Å². The van der Waals surface area contributed by atoms with E-state index in [2.05, 4.69) is 9.88 Å². The van der Waals surface area contributed by atoms with E-state index in [1.165, 1.54) is 0 Å². The zero-order valence-corrected chi connectivity index (χ0v) is 9.84. The van der Waals surface area contributed by atoms with Gasteiger partial charge in [0.05, 0.1) is 16.8 Å². The van der Waals surface area contributed by atoms with Crippen LogP contribution in [-0.2, 0) is 6.42 Å². The average Bonchev–Trinajstić information content (AvgIpc) is 2.48. The summed E-state index contributed by atoms with van der Waals surface area (Å²) < 4.78 is 0. The molecule has 0 saturated carbocycles. The number of rotatable bonds is 5. The lowest BCUT2D eigenvalue weighted by Crippen LogP contribution is -2.20. The van der Waals surface area contributed by atoms with Crippen LogP contribution in [-0.4, -0.2) is 41.7 Å². The van der Waals surface area contributed by atoms with Gasteiger partial charge >= 0.3 is 0 Å². The van der Waals surface area contributed by atoms with Crippen LogP contribution >= 0.6 is 11.3 Å². The largest absolute Gasteiger partial charge is 0.393 e. The molecule has 4 heteroatoms. The van der Waals surface area contributed by atoms with E-state index in [1.807, 2.05) is 26.4 Å². The predicted molar refractivity (Wildman–Crippen MR) is 59.7 cm³/mol. The maximum Gasteiger partial charge on any atom is 0.0897 e. The minimum Gasteiger partial charge on any atom is -0.393 e. The fourth-order valence-corrected chi connectivity index (χ4v) is 1.88. The first kappa shape index (κ1) is 11.6. The Morgan fingerprint density at radius 3 is 2.79 bits per heavy atom. The van der Waals surface area contributed by atoms with Crippen molar-refractivity contribution in [2.75, 3.05) is 20.6 Å². The summed E-state index contributed by atoms with van der Waals surface area (Å²) >= 11 is 1.64. The van der Waals surface area contributed by atoms with Crippen molar-refractivity contribution in [3.05, 3.63) is 16.1 Å². The van der Waals surface area contributed by atoms with Gasteiger partial charge in [-0.2, -0.15) is 0 Å². The van der Waals surface area contributed by atoms with E-state index in [0.717, 1.165) is 23.7 Å². The smallest absolute Gasteiger partial charge is 0.0897 e. The van der Waals surface area contributed by atoms with Gasteiger partial charge in [0.15, 0.2) is 0 Å². The van der Waals surface area contributed by atoms with Crippen molar-refractivity contribution in [1.29, 1.82) is 0 Å². The normalized spacial score (nSPS) is 13.5.